The van der Waals surface area contributed by atoms with Gasteiger partial charge in [-0.25, -0.2) is 9.78 Å². The summed E-state index contributed by atoms with van der Waals surface area (Å²) in [7, 11) is 0. The third kappa shape index (κ3) is 2.39. The summed E-state index contributed by atoms with van der Waals surface area (Å²) in [5, 5.41) is 12.2. The summed E-state index contributed by atoms with van der Waals surface area (Å²) < 4.78 is 0. The molecule has 0 aromatic carbocycles. The lowest BCUT2D eigenvalue weighted by molar-refractivity contribution is 0.0697. The highest BCUT2D eigenvalue weighted by Gasteiger charge is 2.32. The summed E-state index contributed by atoms with van der Waals surface area (Å²) in [6.45, 7) is 2.13. The highest BCUT2D eigenvalue weighted by atomic mass is 35.5. The van der Waals surface area contributed by atoms with Gasteiger partial charge in [-0.05, 0) is 24.5 Å². The number of carboxylic acids is 1. The Morgan fingerprint density at radius 1 is 1.67 bits per heavy atom. The van der Waals surface area contributed by atoms with Gasteiger partial charge in [-0.3, -0.25) is 0 Å². The molecule has 0 amide bonds. The molecule has 1 aromatic heterocycles. The van der Waals surface area contributed by atoms with Gasteiger partial charge >= 0.3 is 5.97 Å². The van der Waals surface area contributed by atoms with E-state index in [1.54, 1.807) is 0 Å². The Kier molecular flexibility index (Phi) is 2.52. The molecule has 0 spiro atoms. The Morgan fingerprint density at radius 2 is 2.33 bits per heavy atom. The molecule has 1 aromatic rings. The Hall–Kier alpha value is -1.29. The van der Waals surface area contributed by atoms with Crippen LogP contribution in [0.2, 0.25) is 5.15 Å². The second-order valence-electron chi connectivity index (χ2n) is 3.83. The number of nitrogens with one attached hydrogen (secondary N) is 1. The number of aromatic carboxylic acids is 1. The van der Waals surface area contributed by atoms with E-state index < -0.39 is 5.97 Å². The van der Waals surface area contributed by atoms with Crippen molar-refractivity contribution >= 4 is 23.4 Å². The molecular formula is C10H11ClN2O2. The molecule has 1 fully saturated rings. The van der Waals surface area contributed by atoms with E-state index in [-0.39, 0.29) is 10.7 Å². The van der Waals surface area contributed by atoms with Gasteiger partial charge in [0, 0.05) is 6.04 Å². The van der Waals surface area contributed by atoms with E-state index in [9.17, 15) is 4.79 Å². The van der Waals surface area contributed by atoms with Gasteiger partial charge in [-0.2, -0.15) is 0 Å². The van der Waals surface area contributed by atoms with E-state index in [0.29, 0.717) is 17.8 Å². The van der Waals surface area contributed by atoms with E-state index in [0.717, 1.165) is 6.42 Å². The number of pyridine rings is 1. The van der Waals surface area contributed by atoms with Crippen molar-refractivity contribution in [3.63, 3.8) is 0 Å². The number of hydrogen-bond donors (Lipinski definition) is 2. The van der Waals surface area contributed by atoms with Gasteiger partial charge in [0.25, 0.3) is 0 Å². The van der Waals surface area contributed by atoms with Gasteiger partial charge in [0.1, 0.15) is 11.0 Å². The van der Waals surface area contributed by atoms with Crippen LogP contribution in [0.5, 0.6) is 0 Å². The second-order valence-corrected chi connectivity index (χ2v) is 4.22. The van der Waals surface area contributed by atoms with Crippen LogP contribution in [-0.4, -0.2) is 22.1 Å². The lowest BCUT2D eigenvalue weighted by Crippen LogP contribution is -2.07. The molecule has 0 radical (unpaired) electrons. The standard InChI is InChI=1S/C10H11ClN2O2/c1-5-2-7(5)12-9-4-6(10(14)15)3-8(11)13-9/h3-5,7H,2H2,1H3,(H,12,13)(H,14,15). The van der Waals surface area contributed by atoms with Gasteiger partial charge < -0.3 is 10.4 Å². The number of nitrogens with zero attached hydrogens (tertiary/aromatic N) is 1. The van der Waals surface area contributed by atoms with Gasteiger partial charge in [-0.15, -0.1) is 0 Å². The van der Waals surface area contributed by atoms with Crippen molar-refractivity contribution in [2.75, 3.05) is 5.32 Å². The summed E-state index contributed by atoms with van der Waals surface area (Å²) in [5.41, 5.74) is 0.158. The Bertz CT molecular complexity index is 408. The molecule has 0 bridgehead atoms. The smallest absolute Gasteiger partial charge is 0.335 e. The van der Waals surface area contributed by atoms with Crippen molar-refractivity contribution in [3.05, 3.63) is 22.8 Å². The second kappa shape index (κ2) is 3.70. The number of aromatic nitrogens is 1. The summed E-state index contributed by atoms with van der Waals surface area (Å²) in [6, 6.07) is 3.24. The van der Waals surface area contributed by atoms with Crippen LogP contribution in [0.1, 0.15) is 23.7 Å². The number of carbonyl (C=O) groups is 1. The van der Waals surface area contributed by atoms with Crippen LogP contribution >= 0.6 is 11.6 Å². The van der Waals surface area contributed by atoms with Crippen LogP contribution in [0.15, 0.2) is 12.1 Å². The highest BCUT2D eigenvalue weighted by molar-refractivity contribution is 6.29. The summed E-state index contributed by atoms with van der Waals surface area (Å²) in [4.78, 5) is 14.8. The van der Waals surface area contributed by atoms with Crippen LogP contribution in [0.4, 0.5) is 5.82 Å². The molecule has 15 heavy (non-hydrogen) atoms. The van der Waals surface area contributed by atoms with Crippen molar-refractivity contribution in [2.24, 2.45) is 5.92 Å². The zero-order chi connectivity index (χ0) is 11.0. The summed E-state index contributed by atoms with van der Waals surface area (Å²) >= 11 is 5.72. The fourth-order valence-electron chi connectivity index (χ4n) is 1.41. The SMILES string of the molecule is CC1CC1Nc1cc(C(=O)O)cc(Cl)n1. The zero-order valence-electron chi connectivity index (χ0n) is 8.20. The average molecular weight is 227 g/mol. The van der Waals surface area contributed by atoms with Gasteiger partial charge in [0.05, 0.1) is 5.56 Å². The largest absolute Gasteiger partial charge is 0.478 e. The normalized spacial score (nSPS) is 23.6. The molecule has 0 aliphatic heterocycles. The Labute approximate surface area is 92.3 Å². The van der Waals surface area contributed by atoms with Crippen LogP contribution < -0.4 is 5.32 Å². The van der Waals surface area contributed by atoms with Crippen molar-refractivity contribution in [2.45, 2.75) is 19.4 Å². The van der Waals surface area contributed by atoms with E-state index >= 15 is 0 Å². The van der Waals surface area contributed by atoms with Crippen LogP contribution in [-0.2, 0) is 0 Å². The molecule has 4 nitrogen and oxygen atoms in total. The fraction of sp³-hybridized carbons (Fsp3) is 0.400. The molecule has 2 N–H and O–H groups in total. The first-order chi connectivity index (χ1) is 7.06. The molecule has 1 aliphatic carbocycles. The van der Waals surface area contributed by atoms with Crippen molar-refractivity contribution in [3.8, 4) is 0 Å². The maximum atomic E-state index is 10.8. The van der Waals surface area contributed by atoms with E-state index in [1.807, 2.05) is 0 Å². The predicted molar refractivity (Wildman–Crippen MR) is 57.4 cm³/mol. The topological polar surface area (TPSA) is 62.2 Å². The van der Waals surface area contributed by atoms with Crippen molar-refractivity contribution in [1.82, 2.24) is 4.98 Å². The number of anilines is 1. The van der Waals surface area contributed by atoms with Crippen LogP contribution in [0, 0.1) is 5.92 Å². The molecule has 80 valence electrons. The Balaban J connectivity index is 2.19. The number of halogens is 1. The molecule has 2 rings (SSSR count). The maximum absolute atomic E-state index is 10.8. The van der Waals surface area contributed by atoms with Gasteiger partial charge in [-0.1, -0.05) is 18.5 Å². The lowest BCUT2D eigenvalue weighted by Gasteiger charge is -2.05. The van der Waals surface area contributed by atoms with Crippen molar-refractivity contribution < 1.29 is 9.90 Å². The summed E-state index contributed by atoms with van der Waals surface area (Å²) in [6.07, 6.45) is 1.09. The summed E-state index contributed by atoms with van der Waals surface area (Å²) in [5.74, 6) is 0.166. The lowest BCUT2D eigenvalue weighted by atomic mass is 10.2. The zero-order valence-corrected chi connectivity index (χ0v) is 8.95. The average Bonchev–Trinajstić information content (AvgIpc) is 2.80. The van der Waals surface area contributed by atoms with Gasteiger partial charge in [0.2, 0.25) is 0 Å². The minimum Gasteiger partial charge on any atom is -0.478 e. The molecule has 2 atom stereocenters. The van der Waals surface area contributed by atoms with E-state index in [2.05, 4.69) is 17.2 Å². The molecule has 0 saturated heterocycles. The predicted octanol–water partition coefficient (Wildman–Crippen LogP) is 2.25. The minimum atomic E-state index is -0.994. The molecule has 5 heteroatoms. The quantitative estimate of drug-likeness (QED) is 0.776. The molecule has 1 aliphatic rings. The number of hydrogen-bond acceptors (Lipinski definition) is 3. The fourth-order valence-corrected chi connectivity index (χ4v) is 1.62. The van der Waals surface area contributed by atoms with Gasteiger partial charge in [0.15, 0.2) is 0 Å². The molecular weight excluding hydrogens is 216 g/mol. The van der Waals surface area contributed by atoms with Crippen LogP contribution in [0.3, 0.4) is 0 Å². The number of carboxylic acid groups (broad SMARTS) is 1. The minimum absolute atomic E-state index is 0.158. The maximum Gasteiger partial charge on any atom is 0.335 e. The Morgan fingerprint density at radius 3 is 2.87 bits per heavy atom. The van der Waals surface area contributed by atoms with Crippen molar-refractivity contribution in [1.29, 1.82) is 0 Å². The monoisotopic (exact) mass is 226 g/mol. The highest BCUT2D eigenvalue weighted by Crippen LogP contribution is 2.32. The first kappa shape index (κ1) is 10.2. The first-order valence-corrected chi connectivity index (χ1v) is 5.11. The van der Waals surface area contributed by atoms with E-state index in [4.69, 9.17) is 16.7 Å². The van der Waals surface area contributed by atoms with E-state index in [1.165, 1.54) is 12.1 Å². The molecule has 1 saturated carbocycles. The van der Waals surface area contributed by atoms with Crippen LogP contribution in [0.25, 0.3) is 0 Å². The molecule has 2 unspecified atom stereocenters. The number of rotatable bonds is 3. The molecule has 1 heterocycles. The third-order valence-electron chi connectivity index (χ3n) is 2.48. The third-order valence-corrected chi connectivity index (χ3v) is 2.68. The first-order valence-electron chi connectivity index (χ1n) is 4.73.